The second-order valence-corrected chi connectivity index (χ2v) is 6.36. The van der Waals surface area contributed by atoms with Crippen LogP contribution in [0.3, 0.4) is 0 Å². The third-order valence-electron chi connectivity index (χ3n) is 4.60. The van der Waals surface area contributed by atoms with E-state index in [4.69, 9.17) is 4.74 Å². The summed E-state index contributed by atoms with van der Waals surface area (Å²) in [6, 6.07) is 22.7. The molecule has 1 atom stereocenters. The lowest BCUT2D eigenvalue weighted by Crippen LogP contribution is -2.36. The number of nitro benzene ring substituents is 1. The third kappa shape index (κ3) is 2.88. The van der Waals surface area contributed by atoms with E-state index in [1.807, 2.05) is 55.5 Å². The summed E-state index contributed by atoms with van der Waals surface area (Å²) in [7, 11) is 0. The molecule has 0 bridgehead atoms. The van der Waals surface area contributed by atoms with Crippen LogP contribution in [-0.2, 0) is 6.54 Å². The van der Waals surface area contributed by atoms with E-state index in [2.05, 4.69) is 4.90 Å². The fraction of sp³-hybridized carbons (Fsp3) is 0.143. The molecule has 0 aliphatic carbocycles. The Balaban J connectivity index is 1.84. The maximum atomic E-state index is 11.5. The number of nitrogens with zero attached hydrogens (tertiary/aromatic N) is 2. The normalized spacial score (nSPS) is 15.9. The molecule has 26 heavy (non-hydrogen) atoms. The highest BCUT2D eigenvalue weighted by Crippen LogP contribution is 2.40. The van der Waals surface area contributed by atoms with Gasteiger partial charge in [0.25, 0.3) is 5.69 Å². The molecule has 1 aliphatic rings. The average molecular weight is 346 g/mol. The van der Waals surface area contributed by atoms with E-state index < -0.39 is 6.23 Å². The summed E-state index contributed by atoms with van der Waals surface area (Å²) in [6.45, 7) is 2.65. The van der Waals surface area contributed by atoms with Gasteiger partial charge in [0.2, 0.25) is 6.23 Å². The minimum absolute atomic E-state index is 0.0639. The van der Waals surface area contributed by atoms with Crippen molar-refractivity contribution in [1.82, 2.24) is 0 Å². The Morgan fingerprint density at radius 3 is 2.46 bits per heavy atom. The van der Waals surface area contributed by atoms with Gasteiger partial charge in [0, 0.05) is 17.3 Å². The Labute approximate surface area is 151 Å². The van der Waals surface area contributed by atoms with Crippen LogP contribution in [0.4, 0.5) is 11.4 Å². The summed E-state index contributed by atoms with van der Waals surface area (Å²) in [4.78, 5) is 13.2. The SMILES string of the molecule is Cc1ccc(N2Cc3ccccc3O[C@@H]2c2ccccc2[N+](=O)[O-])cc1. The van der Waals surface area contributed by atoms with Crippen molar-refractivity contribution in [3.63, 3.8) is 0 Å². The lowest BCUT2D eigenvalue weighted by molar-refractivity contribution is -0.386. The minimum atomic E-state index is -0.561. The van der Waals surface area contributed by atoms with Crippen molar-refractivity contribution in [2.75, 3.05) is 4.90 Å². The van der Waals surface area contributed by atoms with Crippen molar-refractivity contribution in [3.05, 3.63) is 99.6 Å². The van der Waals surface area contributed by atoms with Gasteiger partial charge < -0.3 is 9.64 Å². The van der Waals surface area contributed by atoms with Gasteiger partial charge in [0.05, 0.1) is 17.0 Å². The number of hydrogen-bond acceptors (Lipinski definition) is 4. The first-order chi connectivity index (χ1) is 12.6. The summed E-state index contributed by atoms with van der Waals surface area (Å²) in [5.74, 6) is 0.763. The van der Waals surface area contributed by atoms with Crippen LogP contribution in [0, 0.1) is 17.0 Å². The number of rotatable bonds is 3. The van der Waals surface area contributed by atoms with Gasteiger partial charge in [-0.1, -0.05) is 48.0 Å². The molecule has 3 aromatic rings. The molecule has 0 spiro atoms. The number of hydrogen-bond donors (Lipinski definition) is 0. The summed E-state index contributed by atoms with van der Waals surface area (Å²) in [5, 5.41) is 11.5. The molecule has 1 aliphatic heterocycles. The lowest BCUT2D eigenvalue weighted by Gasteiger charge is -2.38. The molecular formula is C21H18N2O3. The van der Waals surface area contributed by atoms with Crippen LogP contribution in [0.5, 0.6) is 5.75 Å². The lowest BCUT2D eigenvalue weighted by atomic mass is 10.1. The Hall–Kier alpha value is -3.34. The summed E-state index contributed by atoms with van der Waals surface area (Å²) in [5.41, 5.74) is 3.80. The third-order valence-corrected chi connectivity index (χ3v) is 4.60. The van der Waals surface area contributed by atoms with Crippen LogP contribution < -0.4 is 9.64 Å². The molecule has 3 aromatic carbocycles. The van der Waals surface area contributed by atoms with Gasteiger partial charge in [-0.25, -0.2) is 0 Å². The highest BCUT2D eigenvalue weighted by molar-refractivity contribution is 5.55. The maximum absolute atomic E-state index is 11.5. The van der Waals surface area contributed by atoms with Crippen molar-refractivity contribution >= 4 is 11.4 Å². The second kappa shape index (κ2) is 6.52. The zero-order chi connectivity index (χ0) is 18.1. The second-order valence-electron chi connectivity index (χ2n) is 6.36. The topological polar surface area (TPSA) is 55.6 Å². The van der Waals surface area contributed by atoms with E-state index in [0.717, 1.165) is 22.6 Å². The molecule has 5 nitrogen and oxygen atoms in total. The highest BCUT2D eigenvalue weighted by atomic mass is 16.6. The predicted molar refractivity (Wildman–Crippen MR) is 100 cm³/mol. The molecule has 130 valence electrons. The van der Waals surface area contributed by atoms with E-state index in [1.54, 1.807) is 18.2 Å². The maximum Gasteiger partial charge on any atom is 0.278 e. The molecule has 0 unspecified atom stereocenters. The smallest absolute Gasteiger partial charge is 0.278 e. The number of para-hydroxylation sites is 2. The number of nitro groups is 1. The van der Waals surface area contributed by atoms with Gasteiger partial charge in [-0.15, -0.1) is 0 Å². The minimum Gasteiger partial charge on any atom is -0.466 e. The molecule has 5 heteroatoms. The van der Waals surface area contributed by atoms with E-state index in [-0.39, 0.29) is 10.6 Å². The van der Waals surface area contributed by atoms with Gasteiger partial charge in [-0.05, 0) is 31.2 Å². The molecule has 0 fully saturated rings. The molecule has 4 rings (SSSR count). The Bertz CT molecular complexity index is 953. The Morgan fingerprint density at radius 2 is 1.69 bits per heavy atom. The highest BCUT2D eigenvalue weighted by Gasteiger charge is 2.33. The molecule has 0 radical (unpaired) electrons. The van der Waals surface area contributed by atoms with Crippen LogP contribution in [0.1, 0.15) is 22.9 Å². The molecule has 0 saturated carbocycles. The first kappa shape index (κ1) is 16.1. The fourth-order valence-electron chi connectivity index (χ4n) is 3.26. The van der Waals surface area contributed by atoms with Crippen molar-refractivity contribution in [2.24, 2.45) is 0 Å². The number of ether oxygens (including phenoxy) is 1. The number of benzene rings is 3. The fourth-order valence-corrected chi connectivity index (χ4v) is 3.26. The van der Waals surface area contributed by atoms with Gasteiger partial charge in [0.15, 0.2) is 0 Å². The van der Waals surface area contributed by atoms with E-state index in [1.165, 1.54) is 6.07 Å². The van der Waals surface area contributed by atoms with Gasteiger partial charge >= 0.3 is 0 Å². The summed E-state index contributed by atoms with van der Waals surface area (Å²) >= 11 is 0. The largest absolute Gasteiger partial charge is 0.466 e. The van der Waals surface area contributed by atoms with Crippen LogP contribution in [0.25, 0.3) is 0 Å². The number of fused-ring (bicyclic) bond motifs is 1. The van der Waals surface area contributed by atoms with E-state index in [9.17, 15) is 10.1 Å². The van der Waals surface area contributed by atoms with Crippen molar-refractivity contribution in [2.45, 2.75) is 19.7 Å². The van der Waals surface area contributed by atoms with Gasteiger partial charge in [0.1, 0.15) is 5.75 Å². The first-order valence-corrected chi connectivity index (χ1v) is 8.44. The average Bonchev–Trinajstić information content (AvgIpc) is 2.67. The van der Waals surface area contributed by atoms with Crippen molar-refractivity contribution in [1.29, 1.82) is 0 Å². The van der Waals surface area contributed by atoms with Crippen LogP contribution in [0.2, 0.25) is 0 Å². The molecular weight excluding hydrogens is 328 g/mol. The summed E-state index contributed by atoms with van der Waals surface area (Å²) < 4.78 is 6.23. The molecule has 1 heterocycles. The first-order valence-electron chi connectivity index (χ1n) is 8.44. The van der Waals surface area contributed by atoms with Gasteiger partial charge in [-0.3, -0.25) is 10.1 Å². The van der Waals surface area contributed by atoms with Crippen molar-refractivity contribution in [3.8, 4) is 5.75 Å². The van der Waals surface area contributed by atoms with Crippen LogP contribution >= 0.6 is 0 Å². The molecule has 0 N–H and O–H groups in total. The monoisotopic (exact) mass is 346 g/mol. The number of anilines is 1. The van der Waals surface area contributed by atoms with Crippen LogP contribution in [-0.4, -0.2) is 4.92 Å². The molecule has 0 saturated heterocycles. The predicted octanol–water partition coefficient (Wildman–Crippen LogP) is 5.00. The zero-order valence-corrected chi connectivity index (χ0v) is 14.3. The number of aryl methyl sites for hydroxylation is 1. The quantitative estimate of drug-likeness (QED) is 0.494. The van der Waals surface area contributed by atoms with Gasteiger partial charge in [-0.2, -0.15) is 0 Å². The zero-order valence-electron chi connectivity index (χ0n) is 14.3. The summed E-state index contributed by atoms with van der Waals surface area (Å²) in [6.07, 6.45) is -0.561. The molecule has 0 amide bonds. The van der Waals surface area contributed by atoms with E-state index >= 15 is 0 Å². The standard InChI is InChI=1S/C21H18N2O3/c1-15-10-12-17(13-11-15)22-14-16-6-2-5-9-20(16)26-21(22)18-7-3-4-8-19(18)23(24)25/h2-13,21H,14H2,1H3/t21-/m1/s1. The van der Waals surface area contributed by atoms with E-state index in [0.29, 0.717) is 12.1 Å². The Kier molecular flexibility index (Phi) is 4.05. The molecule has 0 aromatic heterocycles. The Morgan fingerprint density at radius 1 is 1.00 bits per heavy atom. The van der Waals surface area contributed by atoms with Crippen LogP contribution in [0.15, 0.2) is 72.8 Å². The van der Waals surface area contributed by atoms with Crippen molar-refractivity contribution < 1.29 is 9.66 Å².